The smallest absolute Gasteiger partial charge is 0.223 e. The van der Waals surface area contributed by atoms with E-state index >= 15 is 0 Å². The van der Waals surface area contributed by atoms with Crippen LogP contribution in [0.1, 0.15) is 26.7 Å². The maximum Gasteiger partial charge on any atom is 0.223 e. The van der Waals surface area contributed by atoms with Crippen molar-refractivity contribution in [3.63, 3.8) is 0 Å². The highest BCUT2D eigenvalue weighted by Gasteiger charge is 2.22. The first-order valence-electron chi connectivity index (χ1n) is 4.79. The van der Waals surface area contributed by atoms with Crippen LogP contribution in [-0.4, -0.2) is 25.0 Å². The van der Waals surface area contributed by atoms with E-state index in [9.17, 15) is 4.79 Å². The van der Waals surface area contributed by atoms with Crippen LogP contribution in [0.15, 0.2) is 0 Å². The van der Waals surface area contributed by atoms with E-state index in [1.807, 2.05) is 0 Å². The van der Waals surface area contributed by atoms with Crippen molar-refractivity contribution in [2.45, 2.75) is 32.7 Å². The quantitative estimate of drug-likeness (QED) is 0.645. The summed E-state index contributed by atoms with van der Waals surface area (Å²) in [4.78, 5) is 11.5. The molecule has 0 radical (unpaired) electrons. The lowest BCUT2D eigenvalue weighted by Crippen LogP contribution is -2.57. The first-order chi connectivity index (χ1) is 5.77. The Morgan fingerprint density at radius 3 is 2.42 bits per heavy atom. The predicted octanol–water partition coefficient (Wildman–Crippen LogP) is 0.511. The van der Waals surface area contributed by atoms with Crippen molar-refractivity contribution in [1.29, 1.82) is 0 Å². The molecule has 1 heterocycles. The Kier molecular flexibility index (Phi) is 3.53. The van der Waals surface area contributed by atoms with Crippen molar-refractivity contribution >= 4 is 5.91 Å². The lowest BCUT2D eigenvalue weighted by Gasteiger charge is -2.29. The highest BCUT2D eigenvalue weighted by Crippen LogP contribution is 2.07. The molecule has 1 aliphatic heterocycles. The number of hydrogen-bond donors (Lipinski definition) is 2. The number of amides is 1. The van der Waals surface area contributed by atoms with Gasteiger partial charge in [-0.25, -0.2) is 0 Å². The van der Waals surface area contributed by atoms with Crippen molar-refractivity contribution < 1.29 is 4.79 Å². The normalized spacial score (nSPS) is 17.6. The third-order valence-corrected chi connectivity index (χ3v) is 2.48. The molecule has 0 spiro atoms. The van der Waals surface area contributed by atoms with E-state index in [4.69, 9.17) is 0 Å². The number of hydrogen-bond acceptors (Lipinski definition) is 2. The summed E-state index contributed by atoms with van der Waals surface area (Å²) >= 11 is 0. The summed E-state index contributed by atoms with van der Waals surface area (Å²) in [6, 6.07) is 0.387. The van der Waals surface area contributed by atoms with Crippen molar-refractivity contribution in [2.75, 3.05) is 13.1 Å². The molecule has 3 nitrogen and oxygen atoms in total. The van der Waals surface area contributed by atoms with Crippen LogP contribution in [0, 0.1) is 5.92 Å². The molecular weight excluding hydrogens is 152 g/mol. The second-order valence-corrected chi connectivity index (χ2v) is 3.38. The fraction of sp³-hybridized carbons (Fsp3) is 0.889. The van der Waals surface area contributed by atoms with E-state index in [0.717, 1.165) is 25.9 Å². The van der Waals surface area contributed by atoms with Crippen LogP contribution in [0.4, 0.5) is 0 Å². The molecule has 0 atom stereocenters. The summed E-state index contributed by atoms with van der Waals surface area (Å²) in [5, 5.41) is 6.14. The molecule has 0 aromatic rings. The molecule has 0 aromatic carbocycles. The number of nitrogens with one attached hydrogen (secondary N) is 2. The third kappa shape index (κ3) is 2.21. The maximum atomic E-state index is 11.5. The Balaban J connectivity index is 2.24. The van der Waals surface area contributed by atoms with Gasteiger partial charge in [0.05, 0.1) is 6.04 Å². The van der Waals surface area contributed by atoms with Gasteiger partial charge in [0.15, 0.2) is 0 Å². The summed E-state index contributed by atoms with van der Waals surface area (Å²) in [5.74, 6) is 0.442. The molecule has 12 heavy (non-hydrogen) atoms. The maximum absolute atomic E-state index is 11.5. The Labute approximate surface area is 73.9 Å². The van der Waals surface area contributed by atoms with E-state index in [-0.39, 0.29) is 11.8 Å². The second-order valence-electron chi connectivity index (χ2n) is 3.38. The Hall–Kier alpha value is -0.570. The molecule has 3 heteroatoms. The topological polar surface area (TPSA) is 41.1 Å². The zero-order chi connectivity index (χ0) is 8.97. The summed E-state index contributed by atoms with van der Waals surface area (Å²) < 4.78 is 0. The molecule has 1 rings (SSSR count). The number of rotatable bonds is 4. The molecule has 70 valence electrons. The number of carbonyl (C=O) groups excluding carboxylic acids is 1. The molecule has 1 aliphatic rings. The van der Waals surface area contributed by atoms with Crippen LogP contribution >= 0.6 is 0 Å². The van der Waals surface area contributed by atoms with Crippen molar-refractivity contribution in [3.05, 3.63) is 0 Å². The largest absolute Gasteiger partial charge is 0.351 e. The van der Waals surface area contributed by atoms with E-state index in [1.165, 1.54) is 0 Å². The first-order valence-corrected chi connectivity index (χ1v) is 4.79. The van der Waals surface area contributed by atoms with E-state index < -0.39 is 0 Å². The lowest BCUT2D eigenvalue weighted by atomic mass is 10.0. The van der Waals surface area contributed by atoms with Crippen LogP contribution < -0.4 is 10.6 Å². The fourth-order valence-electron chi connectivity index (χ4n) is 1.37. The molecule has 0 aliphatic carbocycles. The fourth-order valence-corrected chi connectivity index (χ4v) is 1.37. The molecule has 1 saturated heterocycles. The standard InChI is InChI=1S/C9H18N2O/c1-3-7(4-2)9(12)11-8-5-10-6-8/h7-8,10H,3-6H2,1-2H3,(H,11,12). The zero-order valence-electron chi connectivity index (χ0n) is 7.89. The SMILES string of the molecule is CCC(CC)C(=O)NC1CNC1. The van der Waals surface area contributed by atoms with Gasteiger partial charge in [-0.15, -0.1) is 0 Å². The van der Waals surface area contributed by atoms with Crippen molar-refractivity contribution in [2.24, 2.45) is 5.92 Å². The minimum Gasteiger partial charge on any atom is -0.351 e. The van der Waals surface area contributed by atoms with Crippen molar-refractivity contribution in [1.82, 2.24) is 10.6 Å². The van der Waals surface area contributed by atoms with Gasteiger partial charge in [0, 0.05) is 19.0 Å². The summed E-state index contributed by atoms with van der Waals surface area (Å²) in [6.45, 7) is 6.00. The summed E-state index contributed by atoms with van der Waals surface area (Å²) in [5.41, 5.74) is 0. The molecule has 1 amide bonds. The van der Waals surface area contributed by atoms with Gasteiger partial charge in [-0.2, -0.15) is 0 Å². The summed E-state index contributed by atoms with van der Waals surface area (Å²) in [6.07, 6.45) is 1.89. The van der Waals surface area contributed by atoms with Gasteiger partial charge in [-0.1, -0.05) is 13.8 Å². The van der Waals surface area contributed by atoms with Crippen LogP contribution in [0.5, 0.6) is 0 Å². The molecule has 2 N–H and O–H groups in total. The average Bonchev–Trinajstić information content (AvgIpc) is 1.99. The van der Waals surface area contributed by atoms with Gasteiger partial charge >= 0.3 is 0 Å². The average molecular weight is 170 g/mol. The molecule has 0 unspecified atom stereocenters. The van der Waals surface area contributed by atoms with Gasteiger partial charge in [0.2, 0.25) is 5.91 Å². The van der Waals surface area contributed by atoms with Crippen LogP contribution in [0.2, 0.25) is 0 Å². The van der Waals surface area contributed by atoms with E-state index in [1.54, 1.807) is 0 Å². The molecule has 0 aromatic heterocycles. The number of carbonyl (C=O) groups is 1. The molecule has 1 fully saturated rings. The van der Waals surface area contributed by atoms with Crippen LogP contribution in [-0.2, 0) is 4.79 Å². The Morgan fingerprint density at radius 2 is 2.08 bits per heavy atom. The highest BCUT2D eigenvalue weighted by molar-refractivity contribution is 5.78. The van der Waals surface area contributed by atoms with Gasteiger partial charge < -0.3 is 10.6 Å². The second kappa shape index (κ2) is 4.45. The first kappa shape index (κ1) is 9.52. The minimum atomic E-state index is 0.214. The Morgan fingerprint density at radius 1 is 1.50 bits per heavy atom. The van der Waals surface area contributed by atoms with Crippen LogP contribution in [0.25, 0.3) is 0 Å². The van der Waals surface area contributed by atoms with Gasteiger partial charge in [0.1, 0.15) is 0 Å². The minimum absolute atomic E-state index is 0.214. The van der Waals surface area contributed by atoms with Crippen molar-refractivity contribution in [3.8, 4) is 0 Å². The van der Waals surface area contributed by atoms with Gasteiger partial charge in [-0.3, -0.25) is 4.79 Å². The predicted molar refractivity (Wildman–Crippen MR) is 48.9 cm³/mol. The molecular formula is C9H18N2O. The van der Waals surface area contributed by atoms with Gasteiger partial charge in [0.25, 0.3) is 0 Å². The molecule has 0 saturated carbocycles. The van der Waals surface area contributed by atoms with Gasteiger partial charge in [-0.05, 0) is 12.8 Å². The third-order valence-electron chi connectivity index (χ3n) is 2.48. The monoisotopic (exact) mass is 170 g/mol. The van der Waals surface area contributed by atoms with Crippen LogP contribution in [0.3, 0.4) is 0 Å². The van der Waals surface area contributed by atoms with E-state index in [0.29, 0.717) is 6.04 Å². The summed E-state index contributed by atoms with van der Waals surface area (Å²) in [7, 11) is 0. The lowest BCUT2D eigenvalue weighted by molar-refractivity contribution is -0.126. The Bertz CT molecular complexity index is 151. The zero-order valence-corrected chi connectivity index (χ0v) is 7.89. The highest BCUT2D eigenvalue weighted by atomic mass is 16.2. The van der Waals surface area contributed by atoms with E-state index in [2.05, 4.69) is 24.5 Å². The molecule has 0 bridgehead atoms.